The fourth-order valence-corrected chi connectivity index (χ4v) is 2.28. The zero-order chi connectivity index (χ0) is 10.7. The Morgan fingerprint density at radius 3 is 2.80 bits per heavy atom. The Balaban J connectivity index is 2.13. The molecule has 0 aliphatic heterocycles. The van der Waals surface area contributed by atoms with Crippen LogP contribution in [-0.2, 0) is 0 Å². The lowest BCUT2D eigenvalue weighted by Gasteiger charge is -2.26. The van der Waals surface area contributed by atoms with E-state index in [1.807, 2.05) is 13.2 Å². The third-order valence-corrected chi connectivity index (χ3v) is 3.28. The van der Waals surface area contributed by atoms with E-state index in [2.05, 4.69) is 34.4 Å². The van der Waals surface area contributed by atoms with E-state index in [1.54, 1.807) is 0 Å². The van der Waals surface area contributed by atoms with Gasteiger partial charge in [-0.05, 0) is 18.9 Å². The molecule has 1 aromatic heterocycles. The van der Waals surface area contributed by atoms with Crippen LogP contribution in [0.5, 0.6) is 0 Å². The summed E-state index contributed by atoms with van der Waals surface area (Å²) in [5, 5.41) is 3.08. The van der Waals surface area contributed by atoms with Gasteiger partial charge in [-0.2, -0.15) is 0 Å². The number of nitrogens with zero attached hydrogens (tertiary/aromatic N) is 2. The van der Waals surface area contributed by atoms with Crippen LogP contribution in [0.1, 0.15) is 25.7 Å². The Labute approximate surface area is 91.5 Å². The van der Waals surface area contributed by atoms with Crippen molar-refractivity contribution in [2.75, 3.05) is 24.3 Å². The molecule has 3 nitrogen and oxygen atoms in total. The Bertz CT molecular complexity index is 318. The molecule has 1 fully saturated rings. The van der Waals surface area contributed by atoms with E-state index in [0.717, 1.165) is 11.9 Å². The minimum atomic E-state index is 0.720. The molecule has 1 aromatic rings. The Morgan fingerprint density at radius 2 is 2.13 bits per heavy atom. The van der Waals surface area contributed by atoms with Gasteiger partial charge in [-0.15, -0.1) is 0 Å². The average Bonchev–Trinajstić information content (AvgIpc) is 2.81. The minimum Gasteiger partial charge on any atom is -0.373 e. The monoisotopic (exact) mass is 205 g/mol. The summed E-state index contributed by atoms with van der Waals surface area (Å²) in [4.78, 5) is 6.61. The summed E-state index contributed by atoms with van der Waals surface area (Å²) in [7, 11) is 4.09. The van der Waals surface area contributed by atoms with Crippen LogP contribution in [0, 0.1) is 0 Å². The van der Waals surface area contributed by atoms with Crippen LogP contribution in [-0.4, -0.2) is 25.1 Å². The quantitative estimate of drug-likeness (QED) is 0.821. The van der Waals surface area contributed by atoms with Gasteiger partial charge in [-0.3, -0.25) is 0 Å². The summed E-state index contributed by atoms with van der Waals surface area (Å²) in [5.41, 5.74) is 1.27. The summed E-state index contributed by atoms with van der Waals surface area (Å²) >= 11 is 0. The minimum absolute atomic E-state index is 0.720. The van der Waals surface area contributed by atoms with Crippen molar-refractivity contribution >= 4 is 11.5 Å². The molecule has 0 aromatic carbocycles. The number of nitrogens with one attached hydrogen (secondary N) is 1. The highest BCUT2D eigenvalue weighted by atomic mass is 15.1. The van der Waals surface area contributed by atoms with Gasteiger partial charge >= 0.3 is 0 Å². The molecule has 3 heteroatoms. The van der Waals surface area contributed by atoms with E-state index in [0.29, 0.717) is 0 Å². The Morgan fingerprint density at radius 1 is 1.40 bits per heavy atom. The van der Waals surface area contributed by atoms with Crippen LogP contribution >= 0.6 is 0 Å². The first-order chi connectivity index (χ1) is 7.31. The molecule has 0 radical (unpaired) electrons. The lowest BCUT2D eigenvalue weighted by atomic mass is 10.2. The van der Waals surface area contributed by atoms with Crippen LogP contribution in [0.2, 0.25) is 0 Å². The number of hydrogen-bond acceptors (Lipinski definition) is 3. The van der Waals surface area contributed by atoms with Crippen molar-refractivity contribution in [3.8, 4) is 0 Å². The molecular weight excluding hydrogens is 186 g/mol. The van der Waals surface area contributed by atoms with Gasteiger partial charge in [0.25, 0.3) is 0 Å². The van der Waals surface area contributed by atoms with Crippen molar-refractivity contribution in [3.05, 3.63) is 18.3 Å². The van der Waals surface area contributed by atoms with Gasteiger partial charge in [-0.25, -0.2) is 4.98 Å². The van der Waals surface area contributed by atoms with Crippen molar-refractivity contribution < 1.29 is 0 Å². The molecule has 1 saturated carbocycles. The third kappa shape index (κ3) is 2.22. The second-order valence-electron chi connectivity index (χ2n) is 4.20. The highest BCUT2D eigenvalue weighted by Crippen LogP contribution is 2.27. The van der Waals surface area contributed by atoms with Gasteiger partial charge in [0.1, 0.15) is 5.82 Å². The van der Waals surface area contributed by atoms with E-state index in [1.165, 1.54) is 31.4 Å². The first-order valence-electron chi connectivity index (χ1n) is 5.68. The van der Waals surface area contributed by atoms with E-state index >= 15 is 0 Å². The van der Waals surface area contributed by atoms with E-state index < -0.39 is 0 Å². The molecule has 2 rings (SSSR count). The van der Waals surface area contributed by atoms with E-state index in [4.69, 9.17) is 0 Å². The first-order valence-corrected chi connectivity index (χ1v) is 5.68. The fraction of sp³-hybridized carbons (Fsp3) is 0.583. The summed E-state index contributed by atoms with van der Waals surface area (Å²) in [5.74, 6) is 0.942. The Kier molecular flexibility index (Phi) is 3.09. The molecule has 0 spiro atoms. The number of rotatable bonds is 3. The molecule has 0 saturated heterocycles. The van der Waals surface area contributed by atoms with Crippen LogP contribution in [0.25, 0.3) is 0 Å². The molecule has 1 aliphatic rings. The topological polar surface area (TPSA) is 28.2 Å². The SMILES string of the molecule is CNc1cc(N(C)C2CCCC2)ccn1. The molecule has 1 aliphatic carbocycles. The summed E-state index contributed by atoms with van der Waals surface area (Å²) < 4.78 is 0. The molecule has 0 bridgehead atoms. The largest absolute Gasteiger partial charge is 0.373 e. The standard InChI is InChI=1S/C12H19N3/c1-13-12-9-11(7-8-14-12)15(2)10-5-3-4-6-10/h7-10H,3-6H2,1-2H3,(H,13,14). The summed E-state index contributed by atoms with van der Waals surface area (Å²) in [6.45, 7) is 0. The van der Waals surface area contributed by atoms with Crippen LogP contribution in [0.3, 0.4) is 0 Å². The zero-order valence-electron chi connectivity index (χ0n) is 9.53. The van der Waals surface area contributed by atoms with Gasteiger partial charge in [0.15, 0.2) is 0 Å². The molecule has 15 heavy (non-hydrogen) atoms. The van der Waals surface area contributed by atoms with Crippen LogP contribution in [0.15, 0.2) is 18.3 Å². The molecular formula is C12H19N3. The third-order valence-electron chi connectivity index (χ3n) is 3.28. The number of pyridine rings is 1. The second kappa shape index (κ2) is 4.51. The first kappa shape index (κ1) is 10.3. The highest BCUT2D eigenvalue weighted by molar-refractivity contribution is 5.53. The second-order valence-corrected chi connectivity index (χ2v) is 4.20. The van der Waals surface area contributed by atoms with Crippen molar-refractivity contribution in [2.45, 2.75) is 31.7 Å². The smallest absolute Gasteiger partial charge is 0.127 e. The molecule has 1 N–H and O–H groups in total. The highest BCUT2D eigenvalue weighted by Gasteiger charge is 2.19. The maximum atomic E-state index is 4.23. The molecule has 82 valence electrons. The number of anilines is 2. The van der Waals surface area contributed by atoms with Crippen molar-refractivity contribution in [2.24, 2.45) is 0 Å². The van der Waals surface area contributed by atoms with Crippen molar-refractivity contribution in [1.82, 2.24) is 4.98 Å². The lowest BCUT2D eigenvalue weighted by Crippen LogP contribution is -2.28. The molecule has 0 atom stereocenters. The van der Waals surface area contributed by atoms with Crippen LogP contribution < -0.4 is 10.2 Å². The maximum Gasteiger partial charge on any atom is 0.127 e. The van der Waals surface area contributed by atoms with E-state index in [9.17, 15) is 0 Å². The maximum absolute atomic E-state index is 4.23. The van der Waals surface area contributed by atoms with Gasteiger partial charge in [-0.1, -0.05) is 12.8 Å². The Hall–Kier alpha value is -1.25. The van der Waals surface area contributed by atoms with Crippen molar-refractivity contribution in [1.29, 1.82) is 0 Å². The van der Waals surface area contributed by atoms with Gasteiger partial charge in [0, 0.05) is 38.1 Å². The number of aromatic nitrogens is 1. The molecule has 0 amide bonds. The molecule has 0 unspecified atom stereocenters. The summed E-state index contributed by atoms with van der Waals surface area (Å²) in [6.07, 6.45) is 7.27. The van der Waals surface area contributed by atoms with Gasteiger partial charge in [0.05, 0.1) is 0 Å². The van der Waals surface area contributed by atoms with Crippen molar-refractivity contribution in [3.63, 3.8) is 0 Å². The fourth-order valence-electron chi connectivity index (χ4n) is 2.28. The number of hydrogen-bond donors (Lipinski definition) is 1. The average molecular weight is 205 g/mol. The van der Waals surface area contributed by atoms with E-state index in [-0.39, 0.29) is 0 Å². The predicted molar refractivity (Wildman–Crippen MR) is 64.4 cm³/mol. The van der Waals surface area contributed by atoms with Crippen LogP contribution in [0.4, 0.5) is 11.5 Å². The zero-order valence-corrected chi connectivity index (χ0v) is 9.53. The predicted octanol–water partition coefficient (Wildman–Crippen LogP) is 2.50. The molecule has 1 heterocycles. The lowest BCUT2D eigenvalue weighted by molar-refractivity contribution is 0.653. The van der Waals surface area contributed by atoms with Gasteiger partial charge < -0.3 is 10.2 Å². The normalized spacial score (nSPS) is 16.7. The van der Waals surface area contributed by atoms with Gasteiger partial charge in [0.2, 0.25) is 0 Å². The summed E-state index contributed by atoms with van der Waals surface area (Å²) in [6, 6.07) is 4.91.